The van der Waals surface area contributed by atoms with Crippen LogP contribution >= 0.6 is 0 Å². The SMILES string of the molecule is O=C(O)c1ccc(C2CCCCC2)c2c1-c1cc3ccccc3n1CC(=O)N(CCN1CCOCC1)C2. The predicted octanol–water partition coefficient (Wildman–Crippen LogP) is 4.73. The molecule has 0 unspecified atom stereocenters. The molecule has 3 heterocycles. The number of para-hydroxylation sites is 1. The molecule has 1 saturated carbocycles. The summed E-state index contributed by atoms with van der Waals surface area (Å²) < 4.78 is 7.54. The van der Waals surface area contributed by atoms with Gasteiger partial charge in [0, 0.05) is 49.2 Å². The summed E-state index contributed by atoms with van der Waals surface area (Å²) in [5.41, 5.74) is 5.16. The molecule has 37 heavy (non-hydrogen) atoms. The zero-order valence-electron chi connectivity index (χ0n) is 21.3. The van der Waals surface area contributed by atoms with Gasteiger partial charge in [0.2, 0.25) is 5.91 Å². The van der Waals surface area contributed by atoms with E-state index in [1.165, 1.54) is 24.8 Å². The number of hydrogen-bond donors (Lipinski definition) is 1. The van der Waals surface area contributed by atoms with Gasteiger partial charge in [-0.3, -0.25) is 9.69 Å². The molecule has 0 atom stereocenters. The number of carboxylic acid groups (broad SMARTS) is 1. The maximum atomic E-state index is 13.8. The molecule has 0 spiro atoms. The molecule has 2 aliphatic heterocycles. The molecule has 1 saturated heterocycles. The molecule has 194 valence electrons. The fraction of sp³-hybridized carbons (Fsp3) is 0.467. The third-order valence-electron chi connectivity index (χ3n) is 8.48. The molecule has 3 aliphatic rings. The molecular formula is C30H35N3O4. The highest BCUT2D eigenvalue weighted by atomic mass is 16.5. The fourth-order valence-corrected chi connectivity index (χ4v) is 6.49. The summed E-state index contributed by atoms with van der Waals surface area (Å²) in [4.78, 5) is 30.7. The van der Waals surface area contributed by atoms with E-state index in [-0.39, 0.29) is 12.5 Å². The standard InChI is InChI=1S/C30H35N3O4/c34-28-20-33-26-9-5-4-8-22(26)18-27(33)29-24(30(35)36)11-10-23(21-6-2-1-3-7-21)25(29)19-32(28)13-12-31-14-16-37-17-15-31/h4-5,8-11,18,21H,1-3,6-7,12-17,19-20H2,(H,35,36). The van der Waals surface area contributed by atoms with Crippen LogP contribution in [0.4, 0.5) is 0 Å². The molecule has 1 aromatic heterocycles. The van der Waals surface area contributed by atoms with Crippen LogP contribution in [0.5, 0.6) is 0 Å². The summed E-state index contributed by atoms with van der Waals surface area (Å²) in [6, 6.07) is 13.9. The van der Waals surface area contributed by atoms with Crippen molar-refractivity contribution in [2.75, 3.05) is 39.4 Å². The molecule has 0 radical (unpaired) electrons. The minimum absolute atomic E-state index is 0.0804. The number of amides is 1. The van der Waals surface area contributed by atoms with Crippen molar-refractivity contribution in [1.82, 2.24) is 14.4 Å². The van der Waals surface area contributed by atoms with E-state index in [9.17, 15) is 14.7 Å². The minimum Gasteiger partial charge on any atom is -0.478 e. The molecule has 2 aromatic carbocycles. The summed E-state index contributed by atoms with van der Waals surface area (Å²) in [5.74, 6) is -0.439. The van der Waals surface area contributed by atoms with Crippen molar-refractivity contribution < 1.29 is 19.4 Å². The van der Waals surface area contributed by atoms with Gasteiger partial charge in [-0.05, 0) is 48.1 Å². The van der Waals surface area contributed by atoms with E-state index < -0.39 is 5.97 Å². The quantitative estimate of drug-likeness (QED) is 0.547. The van der Waals surface area contributed by atoms with Crippen molar-refractivity contribution in [3.05, 3.63) is 59.2 Å². The van der Waals surface area contributed by atoms with Crippen molar-refractivity contribution in [3.8, 4) is 11.3 Å². The van der Waals surface area contributed by atoms with Crippen molar-refractivity contribution >= 4 is 22.8 Å². The number of ether oxygens (including phenoxy) is 1. The van der Waals surface area contributed by atoms with Gasteiger partial charge in [-0.25, -0.2) is 4.79 Å². The molecule has 1 N–H and O–H groups in total. The highest BCUT2D eigenvalue weighted by Gasteiger charge is 2.31. The number of benzene rings is 2. The van der Waals surface area contributed by atoms with Gasteiger partial charge in [0.25, 0.3) is 0 Å². The molecule has 3 aromatic rings. The topological polar surface area (TPSA) is 75.0 Å². The van der Waals surface area contributed by atoms with Crippen LogP contribution in [0.2, 0.25) is 0 Å². The number of fused-ring (bicyclic) bond motifs is 5. The average Bonchev–Trinajstić information content (AvgIpc) is 3.28. The van der Waals surface area contributed by atoms with Crippen LogP contribution in [0.15, 0.2) is 42.5 Å². The largest absolute Gasteiger partial charge is 0.478 e. The lowest BCUT2D eigenvalue weighted by molar-refractivity contribution is -0.132. The van der Waals surface area contributed by atoms with Crippen LogP contribution in [0.3, 0.4) is 0 Å². The molecule has 7 heteroatoms. The van der Waals surface area contributed by atoms with Gasteiger partial charge in [0.15, 0.2) is 0 Å². The van der Waals surface area contributed by atoms with Crippen molar-refractivity contribution in [2.24, 2.45) is 0 Å². The van der Waals surface area contributed by atoms with Crippen LogP contribution in [-0.2, 0) is 22.6 Å². The van der Waals surface area contributed by atoms with E-state index in [4.69, 9.17) is 4.74 Å². The Morgan fingerprint density at radius 1 is 0.973 bits per heavy atom. The number of aromatic nitrogens is 1. The molecule has 1 amide bonds. The molecule has 0 bridgehead atoms. The molecule has 6 rings (SSSR count). The van der Waals surface area contributed by atoms with Crippen molar-refractivity contribution in [1.29, 1.82) is 0 Å². The number of hydrogen-bond acceptors (Lipinski definition) is 4. The molecular weight excluding hydrogens is 466 g/mol. The van der Waals surface area contributed by atoms with Gasteiger partial charge in [-0.15, -0.1) is 0 Å². The maximum Gasteiger partial charge on any atom is 0.336 e. The second-order valence-electron chi connectivity index (χ2n) is 10.6. The Hall–Kier alpha value is -3.16. The first-order valence-corrected chi connectivity index (χ1v) is 13.7. The van der Waals surface area contributed by atoms with E-state index in [2.05, 4.69) is 11.0 Å². The highest BCUT2D eigenvalue weighted by Crippen LogP contribution is 2.42. The van der Waals surface area contributed by atoms with Gasteiger partial charge in [0.1, 0.15) is 6.54 Å². The monoisotopic (exact) mass is 501 g/mol. The summed E-state index contributed by atoms with van der Waals surface area (Å²) in [5, 5.41) is 11.3. The number of carboxylic acids is 1. The van der Waals surface area contributed by atoms with Crippen LogP contribution in [0.1, 0.15) is 59.5 Å². The van der Waals surface area contributed by atoms with Gasteiger partial charge >= 0.3 is 5.97 Å². The zero-order chi connectivity index (χ0) is 25.4. The van der Waals surface area contributed by atoms with Crippen LogP contribution in [-0.4, -0.2) is 70.7 Å². The number of rotatable bonds is 5. The summed E-state index contributed by atoms with van der Waals surface area (Å²) in [6.45, 7) is 5.27. The van der Waals surface area contributed by atoms with Crippen LogP contribution < -0.4 is 0 Å². The van der Waals surface area contributed by atoms with E-state index in [0.717, 1.165) is 73.4 Å². The lowest BCUT2D eigenvalue weighted by Gasteiger charge is -2.34. The van der Waals surface area contributed by atoms with E-state index in [1.54, 1.807) is 6.07 Å². The fourth-order valence-electron chi connectivity index (χ4n) is 6.49. The Morgan fingerprint density at radius 3 is 2.54 bits per heavy atom. The summed E-state index contributed by atoms with van der Waals surface area (Å²) in [7, 11) is 0. The van der Waals surface area contributed by atoms with Gasteiger partial charge in [0.05, 0.1) is 24.5 Å². The lowest BCUT2D eigenvalue weighted by atomic mass is 9.79. The summed E-state index contributed by atoms with van der Waals surface area (Å²) >= 11 is 0. The van der Waals surface area contributed by atoms with E-state index >= 15 is 0 Å². The number of carbonyl (C=O) groups is 2. The van der Waals surface area contributed by atoms with Crippen LogP contribution in [0.25, 0.3) is 22.2 Å². The number of nitrogens with zero attached hydrogens (tertiary/aromatic N) is 3. The lowest BCUT2D eigenvalue weighted by Crippen LogP contribution is -2.44. The van der Waals surface area contributed by atoms with E-state index in [1.807, 2.05) is 39.8 Å². The number of morpholine rings is 1. The minimum atomic E-state index is -0.921. The first-order valence-electron chi connectivity index (χ1n) is 13.7. The molecule has 2 fully saturated rings. The average molecular weight is 502 g/mol. The van der Waals surface area contributed by atoms with Gasteiger partial charge in [-0.1, -0.05) is 43.5 Å². The molecule has 7 nitrogen and oxygen atoms in total. The molecule has 1 aliphatic carbocycles. The third kappa shape index (κ3) is 4.66. The van der Waals surface area contributed by atoms with Crippen molar-refractivity contribution in [3.63, 3.8) is 0 Å². The highest BCUT2D eigenvalue weighted by molar-refractivity contribution is 6.00. The maximum absolute atomic E-state index is 13.8. The van der Waals surface area contributed by atoms with Crippen LogP contribution in [0, 0.1) is 0 Å². The van der Waals surface area contributed by atoms with Gasteiger partial charge < -0.3 is 19.3 Å². The zero-order valence-corrected chi connectivity index (χ0v) is 21.3. The second-order valence-corrected chi connectivity index (χ2v) is 10.6. The summed E-state index contributed by atoms with van der Waals surface area (Å²) in [6.07, 6.45) is 5.87. The number of aromatic carboxylic acids is 1. The first kappa shape index (κ1) is 24.2. The first-order chi connectivity index (χ1) is 18.1. The Balaban J connectivity index is 1.50. The van der Waals surface area contributed by atoms with E-state index in [0.29, 0.717) is 24.6 Å². The predicted molar refractivity (Wildman–Crippen MR) is 143 cm³/mol. The third-order valence-corrected chi connectivity index (χ3v) is 8.48. The second kappa shape index (κ2) is 10.3. The Labute approximate surface area is 217 Å². The Morgan fingerprint density at radius 2 is 1.76 bits per heavy atom. The number of carbonyl (C=O) groups excluding carboxylic acids is 1. The Bertz CT molecular complexity index is 1320. The van der Waals surface area contributed by atoms with Gasteiger partial charge in [-0.2, -0.15) is 0 Å². The Kier molecular flexibility index (Phi) is 6.74. The smallest absolute Gasteiger partial charge is 0.336 e. The normalized spacial score (nSPS) is 19.4. The van der Waals surface area contributed by atoms with Crippen molar-refractivity contribution in [2.45, 2.75) is 51.1 Å².